The molecule has 0 bridgehead atoms. The molecular formula is C28H39N5O6. The summed E-state index contributed by atoms with van der Waals surface area (Å²) in [6.45, 7) is 7.90. The van der Waals surface area contributed by atoms with E-state index in [1.807, 2.05) is 20.8 Å². The monoisotopic (exact) mass is 541 g/mol. The molecule has 3 atom stereocenters. The van der Waals surface area contributed by atoms with Crippen LogP contribution in [0.3, 0.4) is 0 Å². The van der Waals surface area contributed by atoms with Gasteiger partial charge >= 0.3 is 12.1 Å². The molecule has 0 aliphatic carbocycles. The zero-order valence-corrected chi connectivity index (χ0v) is 23.4. The van der Waals surface area contributed by atoms with Crippen molar-refractivity contribution in [1.29, 1.82) is 0 Å². The predicted molar refractivity (Wildman–Crippen MR) is 150 cm³/mol. The maximum Gasteiger partial charge on any atom is 0.323 e. The molecule has 0 spiro atoms. The van der Waals surface area contributed by atoms with E-state index in [1.54, 1.807) is 73.3 Å². The van der Waals surface area contributed by atoms with Crippen LogP contribution >= 0.6 is 0 Å². The highest BCUT2D eigenvalue weighted by Crippen LogP contribution is 2.31. The van der Waals surface area contributed by atoms with Crippen LogP contribution in [0.2, 0.25) is 0 Å². The second kappa shape index (κ2) is 13.2. The van der Waals surface area contributed by atoms with Crippen LogP contribution < -0.4 is 25.4 Å². The van der Waals surface area contributed by atoms with E-state index in [9.17, 15) is 19.5 Å². The van der Waals surface area contributed by atoms with Gasteiger partial charge < -0.3 is 40.3 Å². The van der Waals surface area contributed by atoms with E-state index >= 15 is 0 Å². The highest BCUT2D eigenvalue weighted by molar-refractivity contribution is 6.02. The summed E-state index contributed by atoms with van der Waals surface area (Å²) >= 11 is 0. The highest BCUT2D eigenvalue weighted by atomic mass is 16.5. The number of anilines is 2. The number of hydrogen-bond acceptors (Lipinski definition) is 6. The first-order valence-electron chi connectivity index (χ1n) is 13.0. The summed E-state index contributed by atoms with van der Waals surface area (Å²) in [5.41, 5.74) is 1.22. The topological polar surface area (TPSA) is 132 Å². The number of carbonyl (C=O) groups excluding carboxylic acids is 3. The van der Waals surface area contributed by atoms with Crippen LogP contribution in [0.25, 0.3) is 0 Å². The van der Waals surface area contributed by atoms with E-state index in [0.717, 1.165) is 0 Å². The fourth-order valence-corrected chi connectivity index (χ4v) is 4.20. The number of aliphatic hydroxyl groups excluding tert-OH is 1. The molecule has 1 aliphatic heterocycles. The maximum atomic E-state index is 13.6. The van der Waals surface area contributed by atoms with Gasteiger partial charge in [-0.2, -0.15) is 0 Å². The van der Waals surface area contributed by atoms with Gasteiger partial charge in [0, 0.05) is 36.9 Å². The van der Waals surface area contributed by atoms with Crippen molar-refractivity contribution < 1.29 is 29.0 Å². The third-order valence-electron chi connectivity index (χ3n) is 6.48. The summed E-state index contributed by atoms with van der Waals surface area (Å²) in [5, 5.41) is 18.2. The van der Waals surface area contributed by atoms with E-state index in [1.165, 1.54) is 0 Å². The molecule has 11 heteroatoms. The minimum Gasteiger partial charge on any atom is -0.497 e. The number of rotatable bonds is 8. The van der Waals surface area contributed by atoms with Crippen molar-refractivity contribution in [2.24, 2.45) is 5.92 Å². The molecule has 212 valence electrons. The Balaban J connectivity index is 1.85. The van der Waals surface area contributed by atoms with Gasteiger partial charge in [-0.1, -0.05) is 6.92 Å². The molecule has 0 saturated heterocycles. The second-order valence-electron chi connectivity index (χ2n) is 10.1. The highest BCUT2D eigenvalue weighted by Gasteiger charge is 2.34. The lowest BCUT2D eigenvalue weighted by molar-refractivity contribution is 0.0366. The molecule has 1 heterocycles. The zero-order chi connectivity index (χ0) is 28.7. The van der Waals surface area contributed by atoms with Crippen LogP contribution in [0.1, 0.15) is 38.1 Å². The van der Waals surface area contributed by atoms with Crippen molar-refractivity contribution in [2.75, 3.05) is 44.5 Å². The fraction of sp³-hybridized carbons (Fsp3) is 0.464. The summed E-state index contributed by atoms with van der Waals surface area (Å²) in [5.74, 6) is 0.549. The van der Waals surface area contributed by atoms with Gasteiger partial charge in [0.1, 0.15) is 17.6 Å². The van der Waals surface area contributed by atoms with Gasteiger partial charge in [0.15, 0.2) is 0 Å². The molecule has 0 aromatic heterocycles. The maximum absolute atomic E-state index is 13.6. The van der Waals surface area contributed by atoms with E-state index < -0.39 is 18.2 Å². The number of fused-ring (bicyclic) bond motifs is 1. The third-order valence-corrected chi connectivity index (χ3v) is 6.48. The standard InChI is InChI=1S/C28H39N5O6/c1-17(2)29-28(37)32(5)15-25-18(3)14-33(19(4)16-34)26(35)23-13-21(9-12-24(23)39-25)31-27(36)30-20-7-10-22(38-6)11-8-20/h7-13,17-19,25,34H,14-16H2,1-6H3,(H,29,37)(H2,30,31,36)/t18-,19+,25-/m1/s1. The van der Waals surface area contributed by atoms with Gasteiger partial charge in [-0.15, -0.1) is 0 Å². The van der Waals surface area contributed by atoms with Crippen LogP contribution in [0.4, 0.5) is 21.0 Å². The van der Waals surface area contributed by atoms with Crippen LogP contribution in [-0.2, 0) is 0 Å². The molecule has 0 unspecified atom stereocenters. The van der Waals surface area contributed by atoms with Crippen LogP contribution in [-0.4, -0.2) is 84.9 Å². The molecule has 11 nitrogen and oxygen atoms in total. The number of hydrogen-bond donors (Lipinski definition) is 4. The smallest absolute Gasteiger partial charge is 0.323 e. The molecule has 39 heavy (non-hydrogen) atoms. The third kappa shape index (κ3) is 7.76. The normalized spacial score (nSPS) is 17.7. The number of likely N-dealkylation sites (N-methyl/N-ethyl adjacent to an activating group) is 1. The SMILES string of the molecule is COc1ccc(NC(=O)Nc2ccc3c(c2)C(=O)N([C@@H](C)CO)C[C@@H](C)[C@@H](CN(C)C(=O)NC(C)C)O3)cc1. The van der Waals surface area contributed by atoms with Crippen molar-refractivity contribution in [3.63, 3.8) is 0 Å². The number of amides is 5. The molecule has 0 saturated carbocycles. The molecule has 1 aliphatic rings. The van der Waals surface area contributed by atoms with Gasteiger partial charge in [-0.25, -0.2) is 9.59 Å². The summed E-state index contributed by atoms with van der Waals surface area (Å²) < 4.78 is 11.4. The number of benzene rings is 2. The van der Waals surface area contributed by atoms with E-state index in [4.69, 9.17) is 9.47 Å². The molecular weight excluding hydrogens is 502 g/mol. The minimum atomic E-state index is -0.482. The largest absolute Gasteiger partial charge is 0.497 e. The fourth-order valence-electron chi connectivity index (χ4n) is 4.20. The minimum absolute atomic E-state index is 0.0114. The van der Waals surface area contributed by atoms with Crippen molar-refractivity contribution in [2.45, 2.75) is 45.9 Å². The lowest BCUT2D eigenvalue weighted by atomic mass is 9.99. The van der Waals surface area contributed by atoms with Crippen molar-refractivity contribution in [3.05, 3.63) is 48.0 Å². The molecule has 0 fully saturated rings. The lowest BCUT2D eigenvalue weighted by Gasteiger charge is -2.38. The van der Waals surface area contributed by atoms with Crippen molar-refractivity contribution in [1.82, 2.24) is 15.1 Å². The number of aliphatic hydroxyl groups is 1. The van der Waals surface area contributed by atoms with Crippen LogP contribution in [0.15, 0.2) is 42.5 Å². The van der Waals surface area contributed by atoms with Gasteiger partial charge in [0.25, 0.3) is 5.91 Å². The predicted octanol–water partition coefficient (Wildman–Crippen LogP) is 3.61. The summed E-state index contributed by atoms with van der Waals surface area (Å²) in [6, 6.07) is 10.6. The van der Waals surface area contributed by atoms with Crippen LogP contribution in [0, 0.1) is 5.92 Å². The molecule has 2 aromatic rings. The number of carbonyl (C=O) groups is 3. The Morgan fingerprint density at radius 2 is 1.77 bits per heavy atom. The first-order chi connectivity index (χ1) is 18.5. The number of methoxy groups -OCH3 is 1. The number of nitrogens with one attached hydrogen (secondary N) is 3. The van der Waals surface area contributed by atoms with Gasteiger partial charge in [-0.3, -0.25) is 4.79 Å². The van der Waals surface area contributed by atoms with Gasteiger partial charge in [-0.05, 0) is 63.2 Å². The molecule has 4 N–H and O–H groups in total. The molecule has 3 rings (SSSR count). The van der Waals surface area contributed by atoms with Gasteiger partial charge in [0.2, 0.25) is 0 Å². The second-order valence-corrected chi connectivity index (χ2v) is 10.1. The van der Waals surface area contributed by atoms with Crippen molar-refractivity contribution in [3.8, 4) is 11.5 Å². The Bertz CT molecular complexity index is 1160. The van der Waals surface area contributed by atoms with E-state index in [2.05, 4.69) is 16.0 Å². The molecule has 5 amide bonds. The lowest BCUT2D eigenvalue weighted by Crippen LogP contribution is -2.51. The summed E-state index contributed by atoms with van der Waals surface area (Å²) in [4.78, 5) is 41.9. The Kier molecular flexibility index (Phi) is 10.00. The molecule has 2 aromatic carbocycles. The first-order valence-corrected chi connectivity index (χ1v) is 13.0. The van der Waals surface area contributed by atoms with Gasteiger partial charge in [0.05, 0.1) is 31.9 Å². The number of ether oxygens (including phenoxy) is 2. The number of urea groups is 2. The Morgan fingerprint density at radius 1 is 1.13 bits per heavy atom. The zero-order valence-electron chi connectivity index (χ0n) is 23.4. The van der Waals surface area contributed by atoms with E-state index in [0.29, 0.717) is 36.0 Å². The molecule has 0 radical (unpaired) electrons. The van der Waals surface area contributed by atoms with E-state index in [-0.39, 0.29) is 36.1 Å². The van der Waals surface area contributed by atoms with Crippen LogP contribution in [0.5, 0.6) is 11.5 Å². The number of nitrogens with zero attached hydrogens (tertiary/aromatic N) is 2. The Morgan fingerprint density at radius 3 is 2.38 bits per heavy atom. The quantitative estimate of drug-likeness (QED) is 0.404. The summed E-state index contributed by atoms with van der Waals surface area (Å²) in [6.07, 6.45) is -0.426. The first kappa shape index (κ1) is 29.6. The Hall–Kier alpha value is -3.99. The summed E-state index contributed by atoms with van der Waals surface area (Å²) in [7, 11) is 3.26. The average Bonchev–Trinajstić information content (AvgIpc) is 2.90. The Labute approximate surface area is 229 Å². The average molecular weight is 542 g/mol. The van der Waals surface area contributed by atoms with Crippen molar-refractivity contribution >= 4 is 29.3 Å².